The molecule has 0 bridgehead atoms. The molecule has 0 unspecified atom stereocenters. The van der Waals surface area contributed by atoms with E-state index in [2.05, 4.69) is 16.5 Å². The van der Waals surface area contributed by atoms with E-state index in [1.54, 1.807) is 12.1 Å². The molecule has 0 aliphatic carbocycles. The van der Waals surface area contributed by atoms with Crippen LogP contribution in [0, 0.1) is 0 Å². The summed E-state index contributed by atoms with van der Waals surface area (Å²) in [5.41, 5.74) is 4.63. The van der Waals surface area contributed by atoms with Crippen molar-refractivity contribution >= 4 is 22.4 Å². The van der Waals surface area contributed by atoms with Gasteiger partial charge in [0.1, 0.15) is 0 Å². The molecule has 1 N–H and O–H groups in total. The van der Waals surface area contributed by atoms with Crippen molar-refractivity contribution in [2.75, 3.05) is 18.1 Å². The molecular weight excluding hydrogens is 228 g/mol. The smallest absolute Gasteiger partial charge is 0.0715 e. The first-order valence-corrected chi connectivity index (χ1v) is 6.00. The molecular formula is C14H13N2O2-. The van der Waals surface area contributed by atoms with E-state index in [1.165, 1.54) is 0 Å². The van der Waals surface area contributed by atoms with Gasteiger partial charge in [0.05, 0.1) is 11.7 Å². The van der Waals surface area contributed by atoms with Gasteiger partial charge in [-0.1, -0.05) is 18.2 Å². The number of aromatic carboxylic acids is 1. The third kappa shape index (κ3) is 1.91. The average molecular weight is 241 g/mol. The van der Waals surface area contributed by atoms with Crippen LogP contribution in [0.4, 0.5) is 5.69 Å². The van der Waals surface area contributed by atoms with Crippen molar-refractivity contribution in [1.82, 2.24) is 5.43 Å². The summed E-state index contributed by atoms with van der Waals surface area (Å²) >= 11 is 0. The first-order chi connectivity index (χ1) is 8.74. The Morgan fingerprint density at radius 3 is 2.67 bits per heavy atom. The van der Waals surface area contributed by atoms with Gasteiger partial charge in [-0.05, 0) is 41.0 Å². The van der Waals surface area contributed by atoms with Crippen molar-refractivity contribution in [3.63, 3.8) is 0 Å². The summed E-state index contributed by atoms with van der Waals surface area (Å²) in [5.74, 6) is -1.14. The SMILES string of the molecule is O=C([O-])c1ccc2cc(N3CCCN3)ccc2c1. The van der Waals surface area contributed by atoms with Crippen molar-refractivity contribution in [3.8, 4) is 0 Å². The van der Waals surface area contributed by atoms with E-state index < -0.39 is 5.97 Å². The van der Waals surface area contributed by atoms with Crippen LogP contribution in [-0.2, 0) is 0 Å². The van der Waals surface area contributed by atoms with E-state index in [-0.39, 0.29) is 5.56 Å². The van der Waals surface area contributed by atoms with Crippen LogP contribution in [0.2, 0.25) is 0 Å². The van der Waals surface area contributed by atoms with Gasteiger partial charge in [0.15, 0.2) is 0 Å². The fraction of sp³-hybridized carbons (Fsp3) is 0.214. The minimum atomic E-state index is -1.14. The molecule has 1 heterocycles. The molecule has 0 atom stereocenters. The summed E-state index contributed by atoms with van der Waals surface area (Å²) in [6.45, 7) is 2.00. The van der Waals surface area contributed by atoms with Gasteiger partial charge < -0.3 is 14.9 Å². The highest BCUT2D eigenvalue weighted by Crippen LogP contribution is 2.23. The number of hydrogen-bond donors (Lipinski definition) is 1. The molecule has 18 heavy (non-hydrogen) atoms. The Hall–Kier alpha value is -2.07. The molecule has 3 rings (SSSR count). The Morgan fingerprint density at radius 2 is 1.94 bits per heavy atom. The molecule has 4 heteroatoms. The highest BCUT2D eigenvalue weighted by molar-refractivity contribution is 5.94. The summed E-state index contributed by atoms with van der Waals surface area (Å²) in [6.07, 6.45) is 1.14. The Balaban J connectivity index is 2.02. The molecule has 2 aromatic carbocycles. The summed E-state index contributed by atoms with van der Waals surface area (Å²) in [4.78, 5) is 10.8. The van der Waals surface area contributed by atoms with Gasteiger partial charge in [-0.3, -0.25) is 0 Å². The number of rotatable bonds is 2. The lowest BCUT2D eigenvalue weighted by atomic mass is 10.1. The fourth-order valence-corrected chi connectivity index (χ4v) is 2.28. The maximum Gasteiger partial charge on any atom is 0.0715 e. The zero-order valence-electron chi connectivity index (χ0n) is 9.85. The largest absolute Gasteiger partial charge is 0.545 e. The van der Waals surface area contributed by atoms with Crippen molar-refractivity contribution < 1.29 is 9.90 Å². The topological polar surface area (TPSA) is 55.4 Å². The molecule has 1 aliphatic rings. The third-order valence-corrected chi connectivity index (χ3v) is 3.23. The minimum Gasteiger partial charge on any atom is -0.545 e. The molecule has 1 fully saturated rings. The monoisotopic (exact) mass is 241 g/mol. The number of carbonyl (C=O) groups excluding carboxylic acids is 1. The van der Waals surface area contributed by atoms with Gasteiger partial charge >= 0.3 is 0 Å². The van der Waals surface area contributed by atoms with Crippen molar-refractivity contribution in [1.29, 1.82) is 0 Å². The number of hydrogen-bond acceptors (Lipinski definition) is 4. The maximum atomic E-state index is 10.8. The number of carbonyl (C=O) groups is 1. The van der Waals surface area contributed by atoms with Crippen LogP contribution in [0.25, 0.3) is 10.8 Å². The van der Waals surface area contributed by atoms with Crippen molar-refractivity contribution in [2.45, 2.75) is 6.42 Å². The van der Waals surface area contributed by atoms with Crippen LogP contribution < -0.4 is 15.5 Å². The molecule has 0 radical (unpaired) electrons. The number of nitrogens with one attached hydrogen (secondary N) is 1. The van der Waals surface area contributed by atoms with Crippen LogP contribution in [0.1, 0.15) is 16.8 Å². The van der Waals surface area contributed by atoms with Crippen LogP contribution in [0.15, 0.2) is 36.4 Å². The van der Waals surface area contributed by atoms with E-state index >= 15 is 0 Å². The van der Waals surface area contributed by atoms with E-state index in [4.69, 9.17) is 0 Å². The first-order valence-electron chi connectivity index (χ1n) is 6.00. The lowest BCUT2D eigenvalue weighted by Crippen LogP contribution is -2.30. The summed E-state index contributed by atoms with van der Waals surface area (Å²) in [7, 11) is 0. The van der Waals surface area contributed by atoms with Crippen LogP contribution in [-0.4, -0.2) is 19.1 Å². The Bertz CT molecular complexity index is 604. The average Bonchev–Trinajstić information content (AvgIpc) is 2.91. The zero-order valence-corrected chi connectivity index (χ0v) is 9.85. The van der Waals surface area contributed by atoms with E-state index in [0.29, 0.717) is 0 Å². The van der Waals surface area contributed by atoms with Gasteiger partial charge in [0, 0.05) is 13.1 Å². The lowest BCUT2D eigenvalue weighted by Gasteiger charge is -2.18. The molecule has 0 amide bonds. The number of benzene rings is 2. The number of nitrogens with zero attached hydrogens (tertiary/aromatic N) is 1. The molecule has 2 aromatic rings. The number of carboxylic acids is 1. The van der Waals surface area contributed by atoms with Gasteiger partial charge in [0.2, 0.25) is 0 Å². The summed E-state index contributed by atoms with van der Waals surface area (Å²) in [5, 5.41) is 14.9. The van der Waals surface area contributed by atoms with Gasteiger partial charge in [-0.15, -0.1) is 0 Å². The maximum absolute atomic E-state index is 10.8. The summed E-state index contributed by atoms with van der Waals surface area (Å²) in [6, 6.07) is 11.0. The second-order valence-electron chi connectivity index (χ2n) is 4.45. The normalized spacial score (nSPS) is 15.2. The first kappa shape index (κ1) is 11.0. The molecule has 4 nitrogen and oxygen atoms in total. The minimum absolute atomic E-state index is 0.217. The molecule has 0 aromatic heterocycles. The van der Waals surface area contributed by atoms with Crippen LogP contribution in [0.5, 0.6) is 0 Å². The van der Waals surface area contributed by atoms with Crippen molar-refractivity contribution in [2.24, 2.45) is 0 Å². The predicted octanol–water partition coefficient (Wildman–Crippen LogP) is 0.918. The Kier molecular flexibility index (Phi) is 2.64. The standard InChI is InChI=1S/C14H14N2O2/c17-14(18)12-3-2-11-9-13(5-4-10(11)8-12)16-7-1-6-15-16/h2-5,8-9,15H,1,6-7H2,(H,17,18)/p-1. The van der Waals surface area contributed by atoms with Gasteiger partial charge in [0.25, 0.3) is 0 Å². The number of carboxylic acid groups (broad SMARTS) is 1. The second-order valence-corrected chi connectivity index (χ2v) is 4.45. The summed E-state index contributed by atoms with van der Waals surface area (Å²) < 4.78 is 0. The van der Waals surface area contributed by atoms with Crippen molar-refractivity contribution in [3.05, 3.63) is 42.0 Å². The Morgan fingerprint density at radius 1 is 1.17 bits per heavy atom. The molecule has 92 valence electrons. The Labute approximate surface area is 105 Å². The van der Waals surface area contributed by atoms with Crippen LogP contribution in [0.3, 0.4) is 0 Å². The van der Waals surface area contributed by atoms with Gasteiger partial charge in [-0.25, -0.2) is 5.43 Å². The fourth-order valence-electron chi connectivity index (χ4n) is 2.28. The molecule has 0 saturated carbocycles. The van der Waals surface area contributed by atoms with E-state index in [1.807, 2.05) is 18.2 Å². The number of fused-ring (bicyclic) bond motifs is 1. The third-order valence-electron chi connectivity index (χ3n) is 3.23. The lowest BCUT2D eigenvalue weighted by molar-refractivity contribution is -0.255. The van der Waals surface area contributed by atoms with E-state index in [9.17, 15) is 9.90 Å². The molecule has 1 aliphatic heterocycles. The molecule has 1 saturated heterocycles. The highest BCUT2D eigenvalue weighted by atomic mass is 16.4. The molecule has 0 spiro atoms. The number of hydrazine groups is 1. The quantitative estimate of drug-likeness (QED) is 0.849. The van der Waals surface area contributed by atoms with E-state index in [0.717, 1.165) is 36.0 Å². The van der Waals surface area contributed by atoms with Gasteiger partial charge in [-0.2, -0.15) is 0 Å². The number of anilines is 1. The second kappa shape index (κ2) is 4.31. The zero-order chi connectivity index (χ0) is 12.5. The highest BCUT2D eigenvalue weighted by Gasteiger charge is 2.11. The predicted molar refractivity (Wildman–Crippen MR) is 68.2 cm³/mol. The van der Waals surface area contributed by atoms with Crippen LogP contribution >= 0.6 is 0 Å².